The summed E-state index contributed by atoms with van der Waals surface area (Å²) in [7, 11) is 0. The number of allylic oxidation sites excluding steroid dienone is 2. The largest absolute Gasteiger partial charge is 0.300 e. The first-order chi connectivity index (χ1) is 3.81. The van der Waals surface area contributed by atoms with Gasteiger partial charge in [-0.2, -0.15) is 0 Å². The van der Waals surface area contributed by atoms with Crippen LogP contribution in [0.15, 0.2) is 24.3 Å². The molecule has 8 heavy (non-hydrogen) atoms. The highest BCUT2D eigenvalue weighted by atomic mass is 16.6. The summed E-state index contributed by atoms with van der Waals surface area (Å²) in [6.07, 6.45) is 3.56. The van der Waals surface area contributed by atoms with Gasteiger partial charge in [-0.3, -0.25) is 0 Å². The smallest absolute Gasteiger partial charge is 0.0890 e. The van der Waals surface area contributed by atoms with Crippen LogP contribution in [0.5, 0.6) is 0 Å². The zero-order valence-corrected chi connectivity index (χ0v) is 5.05. The molecule has 0 fully saturated rings. The molecule has 0 saturated carbocycles. The van der Waals surface area contributed by atoms with Gasteiger partial charge in [-0.1, -0.05) is 18.7 Å². The second-order valence-corrected chi connectivity index (χ2v) is 1.56. The summed E-state index contributed by atoms with van der Waals surface area (Å²) >= 11 is 0. The SMILES string of the molecule is C=CC=C(C)CON. The van der Waals surface area contributed by atoms with E-state index < -0.39 is 0 Å². The molecule has 0 rings (SSSR count). The Morgan fingerprint density at radius 3 is 2.88 bits per heavy atom. The van der Waals surface area contributed by atoms with Crippen molar-refractivity contribution in [2.75, 3.05) is 6.61 Å². The molecule has 0 unspecified atom stereocenters. The Bertz CT molecular complexity index is 96.7. The summed E-state index contributed by atoms with van der Waals surface area (Å²) in [5.41, 5.74) is 1.07. The van der Waals surface area contributed by atoms with Crippen LogP contribution in [0.3, 0.4) is 0 Å². The van der Waals surface area contributed by atoms with Crippen LogP contribution in [-0.2, 0) is 4.84 Å². The van der Waals surface area contributed by atoms with E-state index in [1.54, 1.807) is 6.08 Å². The minimum atomic E-state index is 0.478. The second-order valence-electron chi connectivity index (χ2n) is 1.56. The van der Waals surface area contributed by atoms with Crippen molar-refractivity contribution < 1.29 is 4.84 Å². The Morgan fingerprint density at radius 1 is 1.88 bits per heavy atom. The second kappa shape index (κ2) is 4.56. The van der Waals surface area contributed by atoms with Crippen LogP contribution in [0.25, 0.3) is 0 Å². The number of rotatable bonds is 3. The Kier molecular flexibility index (Phi) is 4.21. The van der Waals surface area contributed by atoms with E-state index in [-0.39, 0.29) is 0 Å². The molecule has 46 valence electrons. The van der Waals surface area contributed by atoms with Gasteiger partial charge in [0, 0.05) is 0 Å². The van der Waals surface area contributed by atoms with Crippen LogP contribution in [0.1, 0.15) is 6.92 Å². The van der Waals surface area contributed by atoms with Crippen molar-refractivity contribution in [3.63, 3.8) is 0 Å². The molecule has 0 radical (unpaired) electrons. The van der Waals surface area contributed by atoms with Crippen LogP contribution in [-0.4, -0.2) is 6.61 Å². The molecule has 0 heterocycles. The van der Waals surface area contributed by atoms with Gasteiger partial charge in [0.25, 0.3) is 0 Å². The maximum atomic E-state index is 4.78. The molecule has 0 aliphatic heterocycles. The molecule has 0 aliphatic carbocycles. The highest BCUT2D eigenvalue weighted by Crippen LogP contribution is 1.89. The molecule has 2 N–H and O–H groups in total. The zero-order chi connectivity index (χ0) is 6.41. The topological polar surface area (TPSA) is 35.2 Å². The minimum Gasteiger partial charge on any atom is -0.300 e. The van der Waals surface area contributed by atoms with Crippen LogP contribution >= 0.6 is 0 Å². The Labute approximate surface area is 49.6 Å². The van der Waals surface area contributed by atoms with Gasteiger partial charge in [0.2, 0.25) is 0 Å². The molecule has 0 saturated heterocycles. The summed E-state index contributed by atoms with van der Waals surface area (Å²) in [4.78, 5) is 4.34. The fourth-order valence-electron chi connectivity index (χ4n) is 0.381. The fourth-order valence-corrected chi connectivity index (χ4v) is 0.381. The van der Waals surface area contributed by atoms with Crippen molar-refractivity contribution in [3.8, 4) is 0 Å². The Morgan fingerprint density at radius 2 is 2.50 bits per heavy atom. The van der Waals surface area contributed by atoms with Crippen molar-refractivity contribution in [1.29, 1.82) is 0 Å². The van der Waals surface area contributed by atoms with Crippen LogP contribution < -0.4 is 5.90 Å². The first-order valence-corrected chi connectivity index (χ1v) is 2.41. The predicted molar refractivity (Wildman–Crippen MR) is 34.1 cm³/mol. The van der Waals surface area contributed by atoms with E-state index in [1.165, 1.54) is 0 Å². The molecule has 0 aromatic heterocycles. The van der Waals surface area contributed by atoms with Gasteiger partial charge < -0.3 is 4.84 Å². The lowest BCUT2D eigenvalue weighted by Gasteiger charge is -1.93. The molecule has 2 nitrogen and oxygen atoms in total. The molecular formula is C6H11NO. The maximum Gasteiger partial charge on any atom is 0.0890 e. The average molecular weight is 113 g/mol. The molecular weight excluding hydrogens is 102 g/mol. The predicted octanol–water partition coefficient (Wildman–Crippen LogP) is 1.01. The standard InChI is InChI=1S/C6H11NO/c1-3-4-6(2)5-8-7/h3-4H,1,5,7H2,2H3. The molecule has 0 atom stereocenters. The van der Waals surface area contributed by atoms with E-state index in [4.69, 9.17) is 5.90 Å². The third-order valence-corrected chi connectivity index (χ3v) is 0.713. The highest BCUT2D eigenvalue weighted by Gasteiger charge is 1.81. The normalized spacial score (nSPS) is 11.5. The summed E-state index contributed by atoms with van der Waals surface area (Å²) in [5, 5.41) is 0. The molecule has 0 aliphatic rings. The third kappa shape index (κ3) is 3.59. The Hall–Kier alpha value is -0.600. The zero-order valence-electron chi connectivity index (χ0n) is 5.05. The highest BCUT2D eigenvalue weighted by molar-refractivity contribution is 5.07. The summed E-state index contributed by atoms with van der Waals surface area (Å²) in [6, 6.07) is 0. The van der Waals surface area contributed by atoms with Gasteiger partial charge in [-0.25, -0.2) is 5.90 Å². The molecule has 0 spiro atoms. The van der Waals surface area contributed by atoms with E-state index in [0.717, 1.165) is 5.57 Å². The third-order valence-electron chi connectivity index (χ3n) is 0.713. The van der Waals surface area contributed by atoms with Crippen molar-refractivity contribution in [3.05, 3.63) is 24.3 Å². The number of nitrogens with two attached hydrogens (primary N) is 1. The van der Waals surface area contributed by atoms with Crippen LogP contribution in [0.2, 0.25) is 0 Å². The van der Waals surface area contributed by atoms with Gasteiger partial charge >= 0.3 is 0 Å². The summed E-state index contributed by atoms with van der Waals surface area (Å²) in [6.45, 7) is 5.91. The summed E-state index contributed by atoms with van der Waals surface area (Å²) in [5.74, 6) is 4.78. The van der Waals surface area contributed by atoms with Crippen molar-refractivity contribution >= 4 is 0 Å². The quantitative estimate of drug-likeness (QED) is 0.438. The number of hydrogen-bond acceptors (Lipinski definition) is 2. The first kappa shape index (κ1) is 7.40. The lowest BCUT2D eigenvalue weighted by Crippen LogP contribution is -2.00. The van der Waals surface area contributed by atoms with E-state index in [9.17, 15) is 0 Å². The van der Waals surface area contributed by atoms with Crippen molar-refractivity contribution in [2.45, 2.75) is 6.92 Å². The van der Waals surface area contributed by atoms with Gasteiger partial charge in [0.1, 0.15) is 0 Å². The molecule has 0 aromatic carbocycles. The first-order valence-electron chi connectivity index (χ1n) is 2.41. The molecule has 0 aromatic rings. The van der Waals surface area contributed by atoms with Gasteiger partial charge in [0.15, 0.2) is 0 Å². The van der Waals surface area contributed by atoms with Gasteiger partial charge in [-0.05, 0) is 12.5 Å². The molecule has 2 heteroatoms. The van der Waals surface area contributed by atoms with Crippen LogP contribution in [0, 0.1) is 0 Å². The maximum absolute atomic E-state index is 4.78. The monoisotopic (exact) mass is 113 g/mol. The van der Waals surface area contributed by atoms with Crippen molar-refractivity contribution in [1.82, 2.24) is 0 Å². The minimum absolute atomic E-state index is 0.478. The van der Waals surface area contributed by atoms with Gasteiger partial charge in [0.05, 0.1) is 6.61 Å². The van der Waals surface area contributed by atoms with E-state index in [2.05, 4.69) is 11.4 Å². The Balaban J connectivity index is 3.44. The molecule has 0 bridgehead atoms. The summed E-state index contributed by atoms with van der Waals surface area (Å²) < 4.78 is 0. The van der Waals surface area contributed by atoms with Crippen molar-refractivity contribution in [2.24, 2.45) is 5.90 Å². The lowest BCUT2D eigenvalue weighted by molar-refractivity contribution is 0.161. The van der Waals surface area contributed by atoms with E-state index in [0.29, 0.717) is 6.61 Å². The lowest BCUT2D eigenvalue weighted by atomic mass is 10.3. The number of hydrogen-bond donors (Lipinski definition) is 1. The van der Waals surface area contributed by atoms with Crippen LogP contribution in [0.4, 0.5) is 0 Å². The van der Waals surface area contributed by atoms with E-state index >= 15 is 0 Å². The molecule has 0 amide bonds. The fraction of sp³-hybridized carbons (Fsp3) is 0.333. The van der Waals surface area contributed by atoms with E-state index in [1.807, 2.05) is 13.0 Å². The average Bonchev–Trinajstić information content (AvgIpc) is 1.68. The van der Waals surface area contributed by atoms with Gasteiger partial charge in [-0.15, -0.1) is 0 Å².